The third-order valence-electron chi connectivity index (χ3n) is 0.512. The van der Waals surface area contributed by atoms with E-state index < -0.39 is 0 Å². The Kier molecular flexibility index (Phi) is 35.2. The molecule has 44 valence electrons. The standard InChI is InChI=1S/C4H10O.ClH.Zr/c1-2-3-4-5;;/h5H,2-4H2,1H3;1H;. The van der Waals surface area contributed by atoms with Crippen LogP contribution in [-0.4, -0.2) is 11.7 Å². The second kappa shape index (κ2) is 15.7. The van der Waals surface area contributed by atoms with E-state index in [1.807, 2.05) is 0 Å². The predicted molar refractivity (Wildman–Crippen MR) is 29.2 cm³/mol. The molecule has 7 heavy (non-hydrogen) atoms. The fourth-order valence-corrected chi connectivity index (χ4v) is 0.158. The van der Waals surface area contributed by atoms with Crippen LogP contribution in [0.3, 0.4) is 0 Å². The van der Waals surface area contributed by atoms with Crippen molar-refractivity contribution in [1.82, 2.24) is 0 Å². The monoisotopic (exact) mass is 200 g/mol. The van der Waals surface area contributed by atoms with Crippen LogP contribution in [-0.2, 0) is 26.2 Å². The molecule has 0 saturated heterocycles. The quantitative estimate of drug-likeness (QED) is 0.712. The number of aliphatic hydroxyl groups excluding tert-OH is 1. The average Bonchev–Trinajstić information content (AvgIpc) is 1.41. The van der Waals surface area contributed by atoms with Gasteiger partial charge in [0.2, 0.25) is 0 Å². The van der Waals surface area contributed by atoms with Gasteiger partial charge in [-0.2, -0.15) is 0 Å². The van der Waals surface area contributed by atoms with Gasteiger partial charge in [-0.15, -0.1) is 12.4 Å². The van der Waals surface area contributed by atoms with Crippen molar-refractivity contribution >= 4 is 12.4 Å². The minimum Gasteiger partial charge on any atom is -0.396 e. The zero-order valence-electron chi connectivity index (χ0n) is 4.48. The Bertz CT molecular complexity index is 19.2. The van der Waals surface area contributed by atoms with Crippen molar-refractivity contribution < 1.29 is 31.3 Å². The van der Waals surface area contributed by atoms with Gasteiger partial charge in [0, 0.05) is 32.8 Å². The summed E-state index contributed by atoms with van der Waals surface area (Å²) in [6, 6.07) is 0. The van der Waals surface area contributed by atoms with Crippen LogP contribution >= 0.6 is 12.4 Å². The first kappa shape index (κ1) is 15.7. The van der Waals surface area contributed by atoms with Crippen LogP contribution in [0, 0.1) is 0 Å². The summed E-state index contributed by atoms with van der Waals surface area (Å²) in [4.78, 5) is 0. The molecule has 0 radical (unpaired) electrons. The van der Waals surface area contributed by atoms with E-state index in [1.54, 1.807) is 0 Å². The Morgan fingerprint density at radius 2 is 1.86 bits per heavy atom. The van der Waals surface area contributed by atoms with Gasteiger partial charge in [0.25, 0.3) is 0 Å². The second-order valence-corrected chi connectivity index (χ2v) is 1.08. The number of hydrogen-bond donors (Lipinski definition) is 1. The van der Waals surface area contributed by atoms with Crippen LogP contribution in [0.25, 0.3) is 0 Å². The van der Waals surface area contributed by atoms with Gasteiger partial charge < -0.3 is 5.11 Å². The first-order valence-corrected chi connectivity index (χ1v) is 2.02. The first-order valence-electron chi connectivity index (χ1n) is 2.02. The molecule has 0 aromatic carbocycles. The molecule has 0 rings (SSSR count). The van der Waals surface area contributed by atoms with Crippen molar-refractivity contribution in [2.75, 3.05) is 6.61 Å². The van der Waals surface area contributed by atoms with Gasteiger partial charge in [-0.3, -0.25) is 0 Å². The number of halogens is 1. The number of rotatable bonds is 2. The van der Waals surface area contributed by atoms with Crippen LogP contribution in [0.5, 0.6) is 0 Å². The van der Waals surface area contributed by atoms with Crippen LogP contribution in [0.1, 0.15) is 19.8 Å². The molecule has 0 aliphatic rings. The van der Waals surface area contributed by atoms with Gasteiger partial charge in [-0.05, 0) is 6.42 Å². The molecule has 0 unspecified atom stereocenters. The first-order chi connectivity index (χ1) is 2.41. The minimum atomic E-state index is 0. The fraction of sp³-hybridized carbons (Fsp3) is 1.00. The maximum Gasteiger partial charge on any atom is 0.0430 e. The molecule has 0 atom stereocenters. The summed E-state index contributed by atoms with van der Waals surface area (Å²) in [5.41, 5.74) is 0. The summed E-state index contributed by atoms with van der Waals surface area (Å²) in [5.74, 6) is 0. The largest absolute Gasteiger partial charge is 0.396 e. The average molecular weight is 202 g/mol. The molecule has 0 aromatic heterocycles. The molecule has 0 amide bonds. The summed E-state index contributed by atoms with van der Waals surface area (Å²) < 4.78 is 0. The molecule has 0 fully saturated rings. The fourth-order valence-electron chi connectivity index (χ4n) is 0.158. The normalized spacial score (nSPS) is 6.00. The van der Waals surface area contributed by atoms with E-state index >= 15 is 0 Å². The third-order valence-corrected chi connectivity index (χ3v) is 0.512. The van der Waals surface area contributed by atoms with E-state index in [2.05, 4.69) is 6.92 Å². The Labute approximate surface area is 70.0 Å². The number of aliphatic hydroxyl groups is 1. The maximum atomic E-state index is 8.07. The van der Waals surface area contributed by atoms with E-state index in [1.165, 1.54) is 0 Å². The van der Waals surface area contributed by atoms with Gasteiger partial charge >= 0.3 is 0 Å². The Hall–Kier alpha value is 1.13. The summed E-state index contributed by atoms with van der Waals surface area (Å²) >= 11 is 0. The Morgan fingerprint density at radius 1 is 1.43 bits per heavy atom. The van der Waals surface area contributed by atoms with Gasteiger partial charge in [0.05, 0.1) is 0 Å². The van der Waals surface area contributed by atoms with Crippen molar-refractivity contribution in [2.24, 2.45) is 0 Å². The number of unbranched alkanes of at least 4 members (excludes halogenated alkanes) is 1. The number of hydrogen-bond acceptors (Lipinski definition) is 1. The molecule has 0 saturated carbocycles. The van der Waals surface area contributed by atoms with Gasteiger partial charge in [-0.25, -0.2) is 0 Å². The molecule has 0 heterocycles. The zero-order valence-corrected chi connectivity index (χ0v) is 7.75. The summed E-state index contributed by atoms with van der Waals surface area (Å²) in [6.07, 6.45) is 2.04. The zero-order chi connectivity index (χ0) is 4.12. The van der Waals surface area contributed by atoms with Crippen molar-refractivity contribution in [3.8, 4) is 0 Å². The Balaban J connectivity index is -0.0000000800. The molecule has 1 N–H and O–H groups in total. The Morgan fingerprint density at radius 3 is 1.86 bits per heavy atom. The van der Waals surface area contributed by atoms with E-state index in [9.17, 15) is 0 Å². The second-order valence-electron chi connectivity index (χ2n) is 1.08. The molecule has 0 aliphatic heterocycles. The van der Waals surface area contributed by atoms with Crippen LogP contribution in [0.15, 0.2) is 0 Å². The molecule has 0 aromatic rings. The van der Waals surface area contributed by atoms with E-state index in [4.69, 9.17) is 5.11 Å². The van der Waals surface area contributed by atoms with Gasteiger partial charge in [-0.1, -0.05) is 13.3 Å². The van der Waals surface area contributed by atoms with Gasteiger partial charge in [0.15, 0.2) is 0 Å². The smallest absolute Gasteiger partial charge is 0.0430 e. The maximum absolute atomic E-state index is 8.07. The van der Waals surface area contributed by atoms with Crippen LogP contribution in [0.2, 0.25) is 0 Å². The van der Waals surface area contributed by atoms with E-state index in [0.717, 1.165) is 12.8 Å². The van der Waals surface area contributed by atoms with Crippen molar-refractivity contribution in [3.63, 3.8) is 0 Å². The van der Waals surface area contributed by atoms with Crippen molar-refractivity contribution in [1.29, 1.82) is 0 Å². The SMILES string of the molecule is CCCCO.Cl.[Zr]. The van der Waals surface area contributed by atoms with Crippen LogP contribution in [0.4, 0.5) is 0 Å². The molecule has 0 aliphatic carbocycles. The third kappa shape index (κ3) is 19.1. The molecule has 3 heteroatoms. The topological polar surface area (TPSA) is 20.2 Å². The molecular formula is C4H11ClOZr. The van der Waals surface area contributed by atoms with Crippen molar-refractivity contribution in [2.45, 2.75) is 19.8 Å². The molecule has 1 nitrogen and oxygen atoms in total. The van der Waals surface area contributed by atoms with Crippen LogP contribution < -0.4 is 0 Å². The summed E-state index contributed by atoms with van der Waals surface area (Å²) in [6.45, 7) is 2.40. The van der Waals surface area contributed by atoms with Gasteiger partial charge in [0.1, 0.15) is 0 Å². The predicted octanol–water partition coefficient (Wildman–Crippen LogP) is 1.20. The van der Waals surface area contributed by atoms with Crippen molar-refractivity contribution in [3.05, 3.63) is 0 Å². The van der Waals surface area contributed by atoms with E-state index in [-0.39, 0.29) is 38.6 Å². The molecule has 0 bridgehead atoms. The summed E-state index contributed by atoms with van der Waals surface area (Å²) in [5, 5.41) is 8.07. The molecular weight excluding hydrogens is 191 g/mol. The minimum absolute atomic E-state index is 0. The molecule has 0 spiro atoms. The summed E-state index contributed by atoms with van der Waals surface area (Å²) in [7, 11) is 0. The van der Waals surface area contributed by atoms with E-state index in [0.29, 0.717) is 6.61 Å².